The van der Waals surface area contributed by atoms with E-state index >= 15 is 0 Å². The highest BCUT2D eigenvalue weighted by Crippen LogP contribution is 2.36. The monoisotopic (exact) mass is 304 g/mol. The van der Waals surface area contributed by atoms with Gasteiger partial charge in [-0.1, -0.05) is 33.2 Å². The lowest BCUT2D eigenvalue weighted by molar-refractivity contribution is 0.439. The van der Waals surface area contributed by atoms with Crippen LogP contribution in [0.2, 0.25) is 0 Å². The molecule has 6 heteroatoms. The Morgan fingerprint density at radius 1 is 1.28 bits per heavy atom. The molecule has 1 aromatic carbocycles. The number of rotatable bonds is 2. The van der Waals surface area contributed by atoms with E-state index in [4.69, 9.17) is 10.3 Å². The predicted octanol–water partition coefficient (Wildman–Crippen LogP) is 3.08. The van der Waals surface area contributed by atoms with Crippen molar-refractivity contribution in [1.82, 2.24) is 15.4 Å². The van der Waals surface area contributed by atoms with Gasteiger partial charge in [-0.15, -0.1) is 0 Å². The van der Waals surface area contributed by atoms with Gasteiger partial charge >= 0.3 is 0 Å². The van der Waals surface area contributed by atoms with Crippen molar-refractivity contribution in [3.05, 3.63) is 41.1 Å². The van der Waals surface area contributed by atoms with Gasteiger partial charge in [-0.25, -0.2) is 0 Å². The first-order valence-electron chi connectivity index (χ1n) is 5.26. The maximum absolute atomic E-state index is 5.85. The first-order chi connectivity index (χ1) is 8.75. The van der Waals surface area contributed by atoms with Gasteiger partial charge < -0.3 is 10.3 Å². The Morgan fingerprint density at radius 2 is 2.17 bits per heavy atom. The number of aromatic amines is 1. The molecule has 0 aliphatic carbocycles. The Bertz CT molecular complexity index is 675. The summed E-state index contributed by atoms with van der Waals surface area (Å²) in [6, 6.07) is 7.81. The van der Waals surface area contributed by atoms with Gasteiger partial charge in [0.05, 0.1) is 11.8 Å². The molecule has 0 spiro atoms. The largest absolute Gasteiger partial charge is 0.367 e. The number of nitrogens with two attached hydrogens (primary N) is 1. The molecule has 0 atom stereocenters. The number of hydrogen-bond acceptors (Lipinski definition) is 4. The number of aromatic nitrogens is 3. The average Bonchev–Trinajstić information content (AvgIpc) is 2.97. The molecular weight excluding hydrogens is 296 g/mol. The molecule has 0 aliphatic heterocycles. The summed E-state index contributed by atoms with van der Waals surface area (Å²) in [5.41, 5.74) is 9.09. The molecule has 90 valence electrons. The standard InChI is InChI=1S/C12H9BrN4O/c13-9-3-1-2-7(4-9)10-11(17-18-12(10)14)8-5-15-16-6-8/h1-6H,14H2,(H,15,16). The van der Waals surface area contributed by atoms with E-state index in [1.165, 1.54) is 0 Å². The van der Waals surface area contributed by atoms with Crippen molar-refractivity contribution < 1.29 is 4.52 Å². The molecule has 0 aliphatic rings. The summed E-state index contributed by atoms with van der Waals surface area (Å²) >= 11 is 3.44. The van der Waals surface area contributed by atoms with Gasteiger partial charge in [-0.2, -0.15) is 5.10 Å². The van der Waals surface area contributed by atoms with Crippen LogP contribution < -0.4 is 5.73 Å². The first-order valence-corrected chi connectivity index (χ1v) is 6.05. The van der Waals surface area contributed by atoms with E-state index in [2.05, 4.69) is 31.3 Å². The third-order valence-corrected chi connectivity index (χ3v) is 3.10. The number of hydrogen-bond donors (Lipinski definition) is 2. The highest BCUT2D eigenvalue weighted by atomic mass is 79.9. The van der Waals surface area contributed by atoms with Crippen LogP contribution in [0.5, 0.6) is 0 Å². The summed E-state index contributed by atoms with van der Waals surface area (Å²) in [5.74, 6) is 0.296. The van der Waals surface area contributed by atoms with Crippen LogP contribution in [0.3, 0.4) is 0 Å². The van der Waals surface area contributed by atoms with Gasteiger partial charge in [0.2, 0.25) is 5.88 Å². The molecule has 5 nitrogen and oxygen atoms in total. The number of nitrogens with one attached hydrogen (secondary N) is 1. The van der Waals surface area contributed by atoms with Gasteiger partial charge in [0, 0.05) is 16.2 Å². The van der Waals surface area contributed by atoms with Crippen molar-refractivity contribution in [2.24, 2.45) is 0 Å². The molecule has 18 heavy (non-hydrogen) atoms. The molecule has 0 amide bonds. The molecule has 2 heterocycles. The Morgan fingerprint density at radius 3 is 2.89 bits per heavy atom. The summed E-state index contributed by atoms with van der Waals surface area (Å²) in [4.78, 5) is 0. The van der Waals surface area contributed by atoms with Crippen LogP contribution in [0.25, 0.3) is 22.4 Å². The zero-order chi connectivity index (χ0) is 12.5. The lowest BCUT2D eigenvalue weighted by Crippen LogP contribution is -1.87. The second kappa shape index (κ2) is 4.30. The highest BCUT2D eigenvalue weighted by molar-refractivity contribution is 9.10. The highest BCUT2D eigenvalue weighted by Gasteiger charge is 2.18. The van der Waals surface area contributed by atoms with Gasteiger partial charge in [-0.05, 0) is 17.7 Å². The van der Waals surface area contributed by atoms with E-state index in [-0.39, 0.29) is 0 Å². The topological polar surface area (TPSA) is 80.7 Å². The van der Waals surface area contributed by atoms with Gasteiger partial charge in [0.1, 0.15) is 5.69 Å². The fourth-order valence-electron chi connectivity index (χ4n) is 1.80. The summed E-state index contributed by atoms with van der Waals surface area (Å²) in [6.07, 6.45) is 3.43. The molecular formula is C12H9BrN4O. The number of anilines is 1. The number of nitrogens with zero attached hydrogens (tertiary/aromatic N) is 2. The quantitative estimate of drug-likeness (QED) is 0.762. The Kier molecular flexibility index (Phi) is 2.64. The number of benzene rings is 1. The lowest BCUT2D eigenvalue weighted by Gasteiger charge is -2.01. The predicted molar refractivity (Wildman–Crippen MR) is 71.6 cm³/mol. The smallest absolute Gasteiger partial charge is 0.230 e. The Hall–Kier alpha value is -2.08. The van der Waals surface area contributed by atoms with Crippen molar-refractivity contribution in [2.45, 2.75) is 0 Å². The van der Waals surface area contributed by atoms with Crippen molar-refractivity contribution in [3.63, 3.8) is 0 Å². The third kappa shape index (κ3) is 1.80. The molecule has 0 saturated carbocycles. The van der Waals surface area contributed by atoms with Crippen LogP contribution in [0.15, 0.2) is 45.7 Å². The Labute approximate surface area is 111 Å². The summed E-state index contributed by atoms with van der Waals surface area (Å²) in [6.45, 7) is 0. The molecule has 0 saturated heterocycles. The summed E-state index contributed by atoms with van der Waals surface area (Å²) in [7, 11) is 0. The SMILES string of the molecule is Nc1onc(-c2cn[nH]c2)c1-c1cccc(Br)c1. The van der Waals surface area contributed by atoms with E-state index in [0.29, 0.717) is 11.6 Å². The molecule has 0 fully saturated rings. The minimum absolute atomic E-state index is 0.296. The minimum atomic E-state index is 0.296. The van der Waals surface area contributed by atoms with E-state index in [1.807, 2.05) is 24.3 Å². The molecule has 0 bridgehead atoms. The molecule has 0 unspecified atom stereocenters. The van der Waals surface area contributed by atoms with Crippen LogP contribution >= 0.6 is 15.9 Å². The van der Waals surface area contributed by atoms with Crippen molar-refractivity contribution in [2.75, 3.05) is 5.73 Å². The second-order valence-electron chi connectivity index (χ2n) is 3.77. The maximum atomic E-state index is 5.85. The minimum Gasteiger partial charge on any atom is -0.367 e. The van der Waals surface area contributed by atoms with Gasteiger partial charge in [0.25, 0.3) is 0 Å². The van der Waals surface area contributed by atoms with E-state index in [9.17, 15) is 0 Å². The molecule has 0 radical (unpaired) electrons. The zero-order valence-electron chi connectivity index (χ0n) is 9.22. The van der Waals surface area contributed by atoms with Gasteiger partial charge in [0.15, 0.2) is 0 Å². The zero-order valence-corrected chi connectivity index (χ0v) is 10.8. The summed E-state index contributed by atoms with van der Waals surface area (Å²) < 4.78 is 6.06. The summed E-state index contributed by atoms with van der Waals surface area (Å²) in [5, 5.41) is 10.6. The van der Waals surface area contributed by atoms with Crippen molar-refractivity contribution in [3.8, 4) is 22.4 Å². The van der Waals surface area contributed by atoms with Crippen LogP contribution in [0, 0.1) is 0 Å². The van der Waals surface area contributed by atoms with Crippen molar-refractivity contribution in [1.29, 1.82) is 0 Å². The van der Waals surface area contributed by atoms with E-state index < -0.39 is 0 Å². The number of halogens is 1. The Balaban J connectivity index is 2.20. The molecule has 3 aromatic rings. The van der Waals surface area contributed by atoms with Gasteiger partial charge in [-0.3, -0.25) is 5.10 Å². The maximum Gasteiger partial charge on any atom is 0.230 e. The molecule has 3 N–H and O–H groups in total. The molecule has 3 rings (SSSR count). The number of nitrogen functional groups attached to an aromatic ring is 1. The third-order valence-electron chi connectivity index (χ3n) is 2.60. The lowest BCUT2D eigenvalue weighted by atomic mass is 10.0. The van der Waals surface area contributed by atoms with Crippen LogP contribution in [-0.2, 0) is 0 Å². The van der Waals surface area contributed by atoms with Crippen molar-refractivity contribution >= 4 is 21.8 Å². The van der Waals surface area contributed by atoms with Crippen LogP contribution in [0.1, 0.15) is 0 Å². The fraction of sp³-hybridized carbons (Fsp3) is 0. The second-order valence-corrected chi connectivity index (χ2v) is 4.68. The average molecular weight is 305 g/mol. The van der Waals surface area contributed by atoms with Crippen LogP contribution in [0.4, 0.5) is 5.88 Å². The normalized spacial score (nSPS) is 10.7. The fourth-order valence-corrected chi connectivity index (χ4v) is 2.20. The van der Waals surface area contributed by atoms with E-state index in [1.54, 1.807) is 12.4 Å². The first kappa shape index (κ1) is 11.0. The number of H-pyrrole nitrogens is 1. The molecule has 2 aromatic heterocycles. The van der Waals surface area contributed by atoms with Crippen LogP contribution in [-0.4, -0.2) is 15.4 Å². The van der Waals surface area contributed by atoms with E-state index in [0.717, 1.165) is 21.2 Å².